The predicted octanol–water partition coefficient (Wildman–Crippen LogP) is 6.49. The van der Waals surface area contributed by atoms with E-state index in [4.69, 9.17) is 4.74 Å². The summed E-state index contributed by atoms with van der Waals surface area (Å²) >= 11 is 0. The molecule has 0 heterocycles. The Morgan fingerprint density at radius 3 is 2.31 bits per heavy atom. The van der Waals surface area contributed by atoms with Gasteiger partial charge in [-0.25, -0.2) is 0 Å². The van der Waals surface area contributed by atoms with Crippen molar-refractivity contribution in [1.29, 1.82) is 0 Å². The zero-order valence-electron chi connectivity index (χ0n) is 16.0. The molecule has 0 spiro atoms. The topological polar surface area (TPSA) is 52.4 Å². The van der Waals surface area contributed by atoms with E-state index in [-0.39, 0.29) is 10.6 Å². The normalized spacial score (nSPS) is 12.2. The average molecular weight is 355 g/mol. The van der Waals surface area contributed by atoms with Crippen LogP contribution in [0.2, 0.25) is 0 Å². The van der Waals surface area contributed by atoms with Crippen LogP contribution in [0.15, 0.2) is 48.5 Å². The van der Waals surface area contributed by atoms with E-state index in [0.29, 0.717) is 18.1 Å². The smallest absolute Gasteiger partial charge is 0.277 e. The Labute approximate surface area is 156 Å². The minimum Gasteiger partial charge on any atom is -0.494 e. The maximum absolute atomic E-state index is 11.2. The molecular formula is C22H29NO3. The molecule has 0 saturated carbocycles. The molecule has 4 nitrogen and oxygen atoms in total. The zero-order valence-corrected chi connectivity index (χ0v) is 16.0. The number of hydrogen-bond donors (Lipinski definition) is 0. The highest BCUT2D eigenvalue weighted by Gasteiger charge is 2.13. The molecule has 1 atom stereocenters. The predicted molar refractivity (Wildman–Crippen MR) is 106 cm³/mol. The number of benzene rings is 2. The van der Waals surface area contributed by atoms with Gasteiger partial charge in [0.2, 0.25) is 0 Å². The van der Waals surface area contributed by atoms with Crippen LogP contribution < -0.4 is 4.74 Å². The summed E-state index contributed by atoms with van der Waals surface area (Å²) in [6.45, 7) is 7.51. The Hall–Kier alpha value is -2.36. The van der Waals surface area contributed by atoms with Crippen LogP contribution in [0.5, 0.6) is 5.75 Å². The zero-order chi connectivity index (χ0) is 18.9. The van der Waals surface area contributed by atoms with E-state index in [1.807, 2.05) is 30.3 Å². The molecule has 26 heavy (non-hydrogen) atoms. The largest absolute Gasteiger partial charge is 0.494 e. The van der Waals surface area contributed by atoms with Gasteiger partial charge in [0, 0.05) is 6.07 Å². The van der Waals surface area contributed by atoms with Gasteiger partial charge in [-0.05, 0) is 42.0 Å². The first-order valence-corrected chi connectivity index (χ1v) is 9.44. The molecular weight excluding hydrogens is 326 g/mol. The fourth-order valence-corrected chi connectivity index (χ4v) is 3.00. The van der Waals surface area contributed by atoms with E-state index in [0.717, 1.165) is 23.7 Å². The number of para-hydroxylation sites is 1. The molecule has 0 amide bonds. The highest BCUT2D eigenvalue weighted by atomic mass is 16.6. The highest BCUT2D eigenvalue weighted by Crippen LogP contribution is 2.30. The first-order chi connectivity index (χ1) is 12.5. The number of ether oxygens (including phenoxy) is 1. The number of rotatable bonds is 10. The lowest BCUT2D eigenvalue weighted by molar-refractivity contribution is -0.384. The Kier molecular flexibility index (Phi) is 7.64. The second kappa shape index (κ2) is 9.95. The lowest BCUT2D eigenvalue weighted by Crippen LogP contribution is -2.04. The van der Waals surface area contributed by atoms with Gasteiger partial charge in [-0.3, -0.25) is 10.1 Å². The molecule has 0 saturated heterocycles. The van der Waals surface area contributed by atoms with Gasteiger partial charge in [0.05, 0.1) is 17.1 Å². The summed E-state index contributed by atoms with van der Waals surface area (Å²) in [6, 6.07) is 14.3. The van der Waals surface area contributed by atoms with Crippen molar-refractivity contribution in [3.8, 4) is 16.9 Å². The molecule has 0 fully saturated rings. The summed E-state index contributed by atoms with van der Waals surface area (Å²) in [7, 11) is 0. The molecule has 4 heteroatoms. The van der Waals surface area contributed by atoms with Crippen LogP contribution >= 0.6 is 0 Å². The highest BCUT2D eigenvalue weighted by molar-refractivity contribution is 5.73. The van der Waals surface area contributed by atoms with Crippen molar-refractivity contribution in [2.24, 2.45) is 11.8 Å². The third-order valence-corrected chi connectivity index (χ3v) is 4.62. The molecule has 2 rings (SSSR count). The molecule has 1 unspecified atom stereocenters. The van der Waals surface area contributed by atoms with Crippen molar-refractivity contribution in [3.63, 3.8) is 0 Å². The van der Waals surface area contributed by atoms with Gasteiger partial charge in [-0.2, -0.15) is 0 Å². The number of nitro benzene ring substituents is 1. The lowest BCUT2D eigenvalue weighted by Gasteiger charge is -2.13. The van der Waals surface area contributed by atoms with Crippen molar-refractivity contribution < 1.29 is 9.66 Å². The molecule has 0 bridgehead atoms. The van der Waals surface area contributed by atoms with E-state index in [2.05, 4.69) is 20.8 Å². The fourth-order valence-electron chi connectivity index (χ4n) is 3.00. The molecule has 0 radical (unpaired) electrons. The minimum absolute atomic E-state index is 0.122. The Bertz CT molecular complexity index is 695. The second-order valence-electron chi connectivity index (χ2n) is 7.37. The molecule has 2 aromatic carbocycles. The monoisotopic (exact) mass is 355 g/mol. The van der Waals surface area contributed by atoms with Crippen molar-refractivity contribution >= 4 is 5.69 Å². The van der Waals surface area contributed by atoms with E-state index in [9.17, 15) is 10.1 Å². The molecule has 0 N–H and O–H groups in total. The third-order valence-electron chi connectivity index (χ3n) is 4.62. The molecule has 0 aliphatic rings. The molecule has 0 aromatic heterocycles. The van der Waals surface area contributed by atoms with Crippen molar-refractivity contribution in [2.45, 2.75) is 46.5 Å². The van der Waals surface area contributed by atoms with Crippen LogP contribution in [-0.2, 0) is 0 Å². The standard InChI is InChI=1S/C22H29NO3/c1-17(2)7-6-8-18(3)15-16-26-20-13-11-19(12-14-20)21-9-4-5-10-22(21)23(24)25/h4-5,9-14,17-18H,6-8,15-16H2,1-3H3. The van der Waals surface area contributed by atoms with Gasteiger partial charge in [-0.15, -0.1) is 0 Å². The summed E-state index contributed by atoms with van der Waals surface area (Å²) in [6.07, 6.45) is 4.86. The summed E-state index contributed by atoms with van der Waals surface area (Å²) in [5.74, 6) is 2.25. The molecule has 0 aliphatic carbocycles. The summed E-state index contributed by atoms with van der Waals surface area (Å²) in [4.78, 5) is 10.8. The van der Waals surface area contributed by atoms with Crippen LogP contribution in [0.3, 0.4) is 0 Å². The van der Waals surface area contributed by atoms with E-state index in [1.165, 1.54) is 25.3 Å². The van der Waals surface area contributed by atoms with E-state index < -0.39 is 0 Å². The number of nitro groups is 1. The van der Waals surface area contributed by atoms with E-state index >= 15 is 0 Å². The maximum atomic E-state index is 11.2. The first kappa shape index (κ1) is 20.0. The first-order valence-electron chi connectivity index (χ1n) is 9.44. The van der Waals surface area contributed by atoms with Crippen LogP contribution in [0, 0.1) is 22.0 Å². The summed E-state index contributed by atoms with van der Waals surface area (Å²) in [5, 5.41) is 11.2. The van der Waals surface area contributed by atoms with Gasteiger partial charge < -0.3 is 4.74 Å². The van der Waals surface area contributed by atoms with E-state index in [1.54, 1.807) is 12.1 Å². The Balaban J connectivity index is 1.86. The van der Waals surface area contributed by atoms with Crippen molar-refractivity contribution in [3.05, 3.63) is 58.6 Å². The second-order valence-corrected chi connectivity index (χ2v) is 7.37. The SMILES string of the molecule is CC(C)CCCC(C)CCOc1ccc(-c2ccccc2[N+](=O)[O-])cc1. The van der Waals surface area contributed by atoms with Gasteiger partial charge in [0.15, 0.2) is 0 Å². The quantitative estimate of drug-likeness (QED) is 0.361. The Morgan fingerprint density at radius 1 is 0.962 bits per heavy atom. The number of hydrogen-bond acceptors (Lipinski definition) is 3. The lowest BCUT2D eigenvalue weighted by atomic mass is 9.98. The van der Waals surface area contributed by atoms with Crippen molar-refractivity contribution in [1.82, 2.24) is 0 Å². The number of nitrogens with zero attached hydrogens (tertiary/aromatic N) is 1. The van der Waals surface area contributed by atoms with Gasteiger partial charge in [0.1, 0.15) is 5.75 Å². The summed E-state index contributed by atoms with van der Waals surface area (Å²) in [5.41, 5.74) is 1.57. The molecule has 0 aliphatic heterocycles. The maximum Gasteiger partial charge on any atom is 0.277 e. The summed E-state index contributed by atoms with van der Waals surface area (Å²) < 4.78 is 5.84. The molecule has 2 aromatic rings. The average Bonchev–Trinajstić information content (AvgIpc) is 2.62. The minimum atomic E-state index is -0.347. The van der Waals surface area contributed by atoms with Gasteiger partial charge in [0.25, 0.3) is 5.69 Å². The fraction of sp³-hybridized carbons (Fsp3) is 0.455. The molecule has 140 valence electrons. The van der Waals surface area contributed by atoms with Crippen LogP contribution in [0.1, 0.15) is 46.5 Å². The van der Waals surface area contributed by atoms with Gasteiger partial charge >= 0.3 is 0 Å². The van der Waals surface area contributed by atoms with Crippen LogP contribution in [0.25, 0.3) is 11.1 Å². The van der Waals surface area contributed by atoms with Gasteiger partial charge in [-0.1, -0.05) is 64.3 Å². The van der Waals surface area contributed by atoms with Crippen LogP contribution in [-0.4, -0.2) is 11.5 Å². The van der Waals surface area contributed by atoms with Crippen LogP contribution in [0.4, 0.5) is 5.69 Å². The van der Waals surface area contributed by atoms with Crippen molar-refractivity contribution in [2.75, 3.05) is 6.61 Å². The Morgan fingerprint density at radius 2 is 1.65 bits per heavy atom. The third kappa shape index (κ3) is 6.17.